The van der Waals surface area contributed by atoms with E-state index in [1.54, 1.807) is 48.5 Å². The van der Waals surface area contributed by atoms with Crippen LogP contribution in [0, 0.1) is 6.92 Å². The number of benzene rings is 2. The van der Waals surface area contributed by atoms with Gasteiger partial charge in [-0.1, -0.05) is 49.6 Å². The van der Waals surface area contributed by atoms with Crippen LogP contribution in [0.25, 0.3) is 0 Å². The van der Waals surface area contributed by atoms with Gasteiger partial charge in [-0.3, -0.25) is 4.79 Å². The van der Waals surface area contributed by atoms with E-state index in [9.17, 15) is 13.2 Å². The van der Waals surface area contributed by atoms with E-state index in [4.69, 9.17) is 0 Å². The molecule has 0 saturated heterocycles. The van der Waals surface area contributed by atoms with Crippen LogP contribution in [0.4, 0.5) is 5.69 Å². The standard InChI is InChI=1S/C21H26N2O3S/c1-4-5-6-11-21(22-20-10-8-7-9-19(20)17(3)24)23-27(25,26)18-14-12-16(2)13-15-18/h7-10,12-15H,4-6,11H2,1-3H3,(H,22,23). The van der Waals surface area contributed by atoms with Gasteiger partial charge in [0.25, 0.3) is 10.0 Å². The molecule has 1 N–H and O–H groups in total. The molecular weight excluding hydrogens is 360 g/mol. The molecule has 0 aliphatic carbocycles. The van der Waals surface area contributed by atoms with Gasteiger partial charge in [0.1, 0.15) is 5.84 Å². The van der Waals surface area contributed by atoms with Crippen molar-refractivity contribution in [2.75, 3.05) is 5.32 Å². The zero-order valence-corrected chi connectivity index (χ0v) is 16.8. The Labute approximate surface area is 161 Å². The fraction of sp³-hybridized carbons (Fsp3) is 0.333. The molecule has 27 heavy (non-hydrogen) atoms. The number of para-hydroxylation sites is 1. The highest BCUT2D eigenvalue weighted by atomic mass is 32.2. The lowest BCUT2D eigenvalue weighted by Crippen LogP contribution is -2.17. The fourth-order valence-electron chi connectivity index (χ4n) is 2.64. The average molecular weight is 387 g/mol. The van der Waals surface area contributed by atoms with Gasteiger partial charge < -0.3 is 5.32 Å². The molecule has 0 aromatic heterocycles. The predicted molar refractivity (Wildman–Crippen MR) is 110 cm³/mol. The van der Waals surface area contributed by atoms with Gasteiger partial charge in [-0.05, 0) is 44.5 Å². The van der Waals surface area contributed by atoms with E-state index in [0.717, 1.165) is 24.8 Å². The highest BCUT2D eigenvalue weighted by Crippen LogP contribution is 2.19. The molecule has 0 spiro atoms. The Hall–Kier alpha value is -2.47. The topological polar surface area (TPSA) is 75.6 Å². The SMILES string of the molecule is CCCCC/C(=N\S(=O)(=O)c1ccc(C)cc1)Nc1ccccc1C(C)=O. The Morgan fingerprint density at radius 2 is 1.70 bits per heavy atom. The van der Waals surface area contributed by atoms with E-state index in [-0.39, 0.29) is 10.7 Å². The van der Waals surface area contributed by atoms with E-state index >= 15 is 0 Å². The minimum Gasteiger partial charge on any atom is -0.342 e. The molecule has 0 saturated carbocycles. The Kier molecular flexibility index (Phi) is 7.30. The summed E-state index contributed by atoms with van der Waals surface area (Å²) in [6.07, 6.45) is 3.29. The number of hydrogen-bond donors (Lipinski definition) is 1. The lowest BCUT2D eigenvalue weighted by molar-refractivity contribution is 0.101. The summed E-state index contributed by atoms with van der Waals surface area (Å²) in [5.74, 6) is 0.255. The van der Waals surface area contributed by atoms with Crippen molar-refractivity contribution >= 4 is 27.3 Å². The maximum atomic E-state index is 12.7. The van der Waals surface area contributed by atoms with Gasteiger partial charge in [0, 0.05) is 12.0 Å². The Morgan fingerprint density at radius 3 is 2.33 bits per heavy atom. The van der Waals surface area contributed by atoms with Crippen molar-refractivity contribution in [1.82, 2.24) is 0 Å². The first kappa shape index (κ1) is 20.8. The van der Waals surface area contributed by atoms with Gasteiger partial charge in [0.05, 0.1) is 10.6 Å². The molecule has 0 fully saturated rings. The van der Waals surface area contributed by atoms with E-state index in [1.165, 1.54) is 6.92 Å². The number of rotatable bonds is 8. The predicted octanol–water partition coefficient (Wildman–Crippen LogP) is 4.98. The molecule has 0 radical (unpaired) electrons. The van der Waals surface area contributed by atoms with Crippen molar-refractivity contribution in [3.8, 4) is 0 Å². The first-order chi connectivity index (χ1) is 12.8. The molecule has 0 heterocycles. The van der Waals surface area contributed by atoms with E-state index in [2.05, 4.69) is 16.6 Å². The average Bonchev–Trinajstić information content (AvgIpc) is 2.62. The highest BCUT2D eigenvalue weighted by molar-refractivity contribution is 7.90. The van der Waals surface area contributed by atoms with Crippen LogP contribution >= 0.6 is 0 Å². The fourth-order valence-corrected chi connectivity index (χ4v) is 3.65. The summed E-state index contributed by atoms with van der Waals surface area (Å²) < 4.78 is 29.4. The van der Waals surface area contributed by atoms with Crippen LogP contribution in [-0.2, 0) is 10.0 Å². The second-order valence-electron chi connectivity index (χ2n) is 6.51. The van der Waals surface area contributed by atoms with E-state index in [1.807, 2.05) is 6.92 Å². The Bertz CT molecular complexity index is 917. The molecule has 0 amide bonds. The number of anilines is 1. The third kappa shape index (κ3) is 6.03. The first-order valence-corrected chi connectivity index (χ1v) is 10.5. The van der Waals surface area contributed by atoms with Crippen LogP contribution in [0.15, 0.2) is 57.8 Å². The van der Waals surface area contributed by atoms with E-state index < -0.39 is 10.0 Å². The first-order valence-electron chi connectivity index (χ1n) is 9.11. The molecule has 2 aromatic carbocycles. The summed E-state index contributed by atoms with van der Waals surface area (Å²) in [6.45, 7) is 5.46. The number of Topliss-reactive ketones (excluding diaryl/α,β-unsaturated/α-hetero) is 1. The molecule has 0 aliphatic rings. The van der Waals surface area contributed by atoms with Crippen LogP contribution in [0.2, 0.25) is 0 Å². The van der Waals surface area contributed by atoms with E-state index in [0.29, 0.717) is 23.5 Å². The quantitative estimate of drug-likeness (QED) is 0.300. The van der Waals surface area contributed by atoms with Crippen molar-refractivity contribution in [1.29, 1.82) is 0 Å². The van der Waals surface area contributed by atoms with Crippen LogP contribution < -0.4 is 5.32 Å². The number of unbranched alkanes of at least 4 members (excludes halogenated alkanes) is 2. The number of nitrogens with one attached hydrogen (secondary N) is 1. The number of carbonyl (C=O) groups is 1. The summed E-state index contributed by atoms with van der Waals surface area (Å²) in [5, 5.41) is 3.08. The molecule has 0 atom stereocenters. The summed E-state index contributed by atoms with van der Waals surface area (Å²) in [5.41, 5.74) is 2.06. The minimum absolute atomic E-state index is 0.0904. The zero-order chi connectivity index (χ0) is 19.9. The number of carbonyl (C=O) groups excluding carboxylic acids is 1. The van der Waals surface area contributed by atoms with Crippen LogP contribution in [0.3, 0.4) is 0 Å². The summed E-state index contributed by atoms with van der Waals surface area (Å²) >= 11 is 0. The largest absolute Gasteiger partial charge is 0.342 e. The smallest absolute Gasteiger partial charge is 0.283 e. The number of ketones is 1. The molecule has 5 nitrogen and oxygen atoms in total. The number of amidine groups is 1. The molecule has 144 valence electrons. The monoisotopic (exact) mass is 386 g/mol. The third-order valence-corrected chi connectivity index (χ3v) is 5.48. The molecule has 6 heteroatoms. The van der Waals surface area contributed by atoms with Gasteiger partial charge >= 0.3 is 0 Å². The van der Waals surface area contributed by atoms with Crippen molar-refractivity contribution in [3.63, 3.8) is 0 Å². The summed E-state index contributed by atoms with van der Waals surface area (Å²) in [7, 11) is -3.83. The van der Waals surface area contributed by atoms with Crippen molar-refractivity contribution in [3.05, 3.63) is 59.7 Å². The molecule has 0 unspecified atom stereocenters. The van der Waals surface area contributed by atoms with Gasteiger partial charge in [0.2, 0.25) is 0 Å². The molecule has 2 rings (SSSR count). The number of sulfonamides is 1. The van der Waals surface area contributed by atoms with Gasteiger partial charge in [-0.25, -0.2) is 0 Å². The van der Waals surface area contributed by atoms with Crippen molar-refractivity contribution < 1.29 is 13.2 Å². The normalized spacial score (nSPS) is 12.0. The van der Waals surface area contributed by atoms with Gasteiger partial charge in [0.15, 0.2) is 5.78 Å². The van der Waals surface area contributed by atoms with Gasteiger partial charge in [-0.15, -0.1) is 4.40 Å². The maximum absolute atomic E-state index is 12.7. The number of aryl methyl sites for hydroxylation is 1. The molecule has 2 aromatic rings. The lowest BCUT2D eigenvalue weighted by Gasteiger charge is -2.13. The van der Waals surface area contributed by atoms with Crippen LogP contribution in [-0.4, -0.2) is 20.0 Å². The van der Waals surface area contributed by atoms with Crippen LogP contribution in [0.5, 0.6) is 0 Å². The number of hydrogen-bond acceptors (Lipinski definition) is 3. The Balaban J connectivity index is 2.37. The maximum Gasteiger partial charge on any atom is 0.283 e. The molecule has 0 bridgehead atoms. The second kappa shape index (κ2) is 9.46. The number of nitrogens with zero attached hydrogens (tertiary/aromatic N) is 1. The second-order valence-corrected chi connectivity index (χ2v) is 8.11. The van der Waals surface area contributed by atoms with Crippen molar-refractivity contribution in [2.45, 2.75) is 51.3 Å². The van der Waals surface area contributed by atoms with Crippen molar-refractivity contribution in [2.24, 2.45) is 4.40 Å². The summed E-state index contributed by atoms with van der Waals surface area (Å²) in [4.78, 5) is 12.0. The molecule has 0 aliphatic heterocycles. The zero-order valence-electron chi connectivity index (χ0n) is 16.0. The third-order valence-electron chi connectivity index (χ3n) is 4.15. The van der Waals surface area contributed by atoms with Gasteiger partial charge in [-0.2, -0.15) is 8.42 Å². The summed E-state index contributed by atoms with van der Waals surface area (Å²) in [6, 6.07) is 13.6. The van der Waals surface area contributed by atoms with Crippen LogP contribution in [0.1, 0.15) is 55.5 Å². The highest BCUT2D eigenvalue weighted by Gasteiger charge is 2.16. The minimum atomic E-state index is -3.83. The molecular formula is C21H26N2O3S. The Morgan fingerprint density at radius 1 is 1.04 bits per heavy atom. The lowest BCUT2D eigenvalue weighted by atomic mass is 10.1.